The maximum Gasteiger partial charge on any atom is 0.325 e. The van der Waals surface area contributed by atoms with Crippen molar-refractivity contribution in [2.24, 2.45) is 0 Å². The van der Waals surface area contributed by atoms with Crippen molar-refractivity contribution in [1.82, 2.24) is 10.2 Å². The minimum Gasteiger partial charge on any atom is -0.492 e. The number of benzene rings is 2. The molecule has 5 nitrogen and oxygen atoms in total. The molecule has 2 aromatic rings. The van der Waals surface area contributed by atoms with Gasteiger partial charge in [-0.3, -0.25) is 9.69 Å². The van der Waals surface area contributed by atoms with Crippen LogP contribution in [-0.4, -0.2) is 30.0 Å². The van der Waals surface area contributed by atoms with E-state index in [0.717, 1.165) is 16.0 Å². The van der Waals surface area contributed by atoms with Crippen molar-refractivity contribution in [2.45, 2.75) is 19.4 Å². The molecular weight excluding hydrogens is 323 g/mol. The molecule has 6 heteroatoms. The topological polar surface area (TPSA) is 58.6 Å². The number of urea groups is 1. The van der Waals surface area contributed by atoms with Gasteiger partial charge in [0.25, 0.3) is 5.91 Å². The van der Waals surface area contributed by atoms with Gasteiger partial charge in [0.1, 0.15) is 23.7 Å². The average Bonchev–Trinajstić information content (AvgIpc) is 2.81. The lowest BCUT2D eigenvalue weighted by Crippen LogP contribution is -2.41. The van der Waals surface area contributed by atoms with E-state index in [-0.39, 0.29) is 24.9 Å². The Bertz CT molecular complexity index is 789. The highest BCUT2D eigenvalue weighted by atomic mass is 19.1. The van der Waals surface area contributed by atoms with Crippen LogP contribution in [0, 0.1) is 12.7 Å². The Kier molecular flexibility index (Phi) is 4.44. The Labute approximate surface area is 145 Å². The van der Waals surface area contributed by atoms with E-state index in [1.807, 2.05) is 31.2 Å². The summed E-state index contributed by atoms with van der Waals surface area (Å²) in [4.78, 5) is 26.1. The van der Waals surface area contributed by atoms with Crippen LogP contribution >= 0.6 is 0 Å². The number of halogens is 1. The molecule has 1 atom stereocenters. The summed E-state index contributed by atoms with van der Waals surface area (Å²) in [7, 11) is 0. The highest BCUT2D eigenvalue weighted by Crippen LogP contribution is 2.28. The standard InChI is InChI=1S/C19H19FN2O3/c1-13-3-5-14(6-4-13)19(2)17(23)22(18(24)21-19)11-12-25-16-9-7-15(20)8-10-16/h3-10H,11-12H2,1-2H3,(H,21,24)/t19-/m0/s1. The Hall–Kier alpha value is -2.89. The zero-order chi connectivity index (χ0) is 18.0. The summed E-state index contributed by atoms with van der Waals surface area (Å²) < 4.78 is 18.3. The zero-order valence-electron chi connectivity index (χ0n) is 14.1. The monoisotopic (exact) mass is 342 g/mol. The largest absolute Gasteiger partial charge is 0.492 e. The van der Waals surface area contributed by atoms with Crippen LogP contribution in [0.1, 0.15) is 18.1 Å². The van der Waals surface area contributed by atoms with Crippen molar-refractivity contribution in [1.29, 1.82) is 0 Å². The number of hydrogen-bond donors (Lipinski definition) is 1. The van der Waals surface area contributed by atoms with Crippen LogP contribution in [0.5, 0.6) is 5.75 Å². The summed E-state index contributed by atoms with van der Waals surface area (Å²) in [5.74, 6) is -0.186. The second-order valence-corrected chi connectivity index (χ2v) is 6.18. The first kappa shape index (κ1) is 17.0. The van der Waals surface area contributed by atoms with Crippen LogP contribution in [0.15, 0.2) is 48.5 Å². The fourth-order valence-corrected chi connectivity index (χ4v) is 2.77. The molecule has 1 heterocycles. The third-order valence-corrected chi connectivity index (χ3v) is 4.30. The molecular formula is C19H19FN2O3. The number of nitrogens with zero attached hydrogens (tertiary/aromatic N) is 1. The van der Waals surface area contributed by atoms with Crippen LogP contribution in [0.3, 0.4) is 0 Å². The van der Waals surface area contributed by atoms with E-state index in [2.05, 4.69) is 5.32 Å². The van der Waals surface area contributed by atoms with Crippen LogP contribution < -0.4 is 10.1 Å². The van der Waals surface area contributed by atoms with E-state index in [1.165, 1.54) is 24.3 Å². The van der Waals surface area contributed by atoms with Gasteiger partial charge in [0.2, 0.25) is 0 Å². The van der Waals surface area contributed by atoms with Gasteiger partial charge < -0.3 is 10.1 Å². The quantitative estimate of drug-likeness (QED) is 0.850. The van der Waals surface area contributed by atoms with E-state index in [9.17, 15) is 14.0 Å². The van der Waals surface area contributed by atoms with Gasteiger partial charge in [0.05, 0.1) is 6.54 Å². The predicted octanol–water partition coefficient (Wildman–Crippen LogP) is 2.98. The highest BCUT2D eigenvalue weighted by Gasteiger charge is 2.48. The third kappa shape index (κ3) is 3.33. The Morgan fingerprint density at radius 3 is 2.36 bits per heavy atom. The Balaban J connectivity index is 1.66. The van der Waals surface area contributed by atoms with Gasteiger partial charge in [0, 0.05) is 0 Å². The Morgan fingerprint density at radius 1 is 1.08 bits per heavy atom. The molecule has 2 aromatic carbocycles. The lowest BCUT2D eigenvalue weighted by Gasteiger charge is -2.22. The number of carbonyl (C=O) groups excluding carboxylic acids is 2. The van der Waals surface area contributed by atoms with Gasteiger partial charge in [-0.05, 0) is 43.7 Å². The number of hydrogen-bond acceptors (Lipinski definition) is 3. The minimum absolute atomic E-state index is 0.115. The molecule has 0 aromatic heterocycles. The maximum atomic E-state index is 12.9. The molecule has 1 saturated heterocycles. The van der Waals surface area contributed by atoms with Crippen molar-refractivity contribution >= 4 is 11.9 Å². The van der Waals surface area contributed by atoms with Crippen molar-refractivity contribution in [3.8, 4) is 5.75 Å². The van der Waals surface area contributed by atoms with Gasteiger partial charge in [-0.1, -0.05) is 29.8 Å². The molecule has 1 aliphatic rings. The van der Waals surface area contributed by atoms with Gasteiger partial charge in [-0.15, -0.1) is 0 Å². The maximum absolute atomic E-state index is 12.9. The van der Waals surface area contributed by atoms with Crippen molar-refractivity contribution < 1.29 is 18.7 Å². The normalized spacial score (nSPS) is 19.9. The Morgan fingerprint density at radius 2 is 1.72 bits per heavy atom. The molecule has 1 fully saturated rings. The number of imide groups is 1. The molecule has 1 aliphatic heterocycles. The summed E-state index contributed by atoms with van der Waals surface area (Å²) in [5, 5.41) is 2.75. The molecule has 0 saturated carbocycles. The molecule has 0 bridgehead atoms. The van der Waals surface area contributed by atoms with Crippen LogP contribution in [0.25, 0.3) is 0 Å². The number of carbonyl (C=O) groups is 2. The lowest BCUT2D eigenvalue weighted by atomic mass is 9.91. The predicted molar refractivity (Wildman–Crippen MR) is 90.7 cm³/mol. The first-order valence-electron chi connectivity index (χ1n) is 8.00. The van der Waals surface area contributed by atoms with Crippen molar-refractivity contribution in [3.63, 3.8) is 0 Å². The van der Waals surface area contributed by atoms with E-state index in [4.69, 9.17) is 4.74 Å². The van der Waals surface area contributed by atoms with E-state index in [1.54, 1.807) is 6.92 Å². The molecule has 130 valence electrons. The molecule has 3 rings (SSSR count). The number of amides is 3. The summed E-state index contributed by atoms with van der Waals surface area (Å²) in [6.07, 6.45) is 0. The summed E-state index contributed by atoms with van der Waals surface area (Å²) in [6, 6.07) is 12.6. The van der Waals surface area contributed by atoms with Crippen LogP contribution in [0.2, 0.25) is 0 Å². The molecule has 0 aliphatic carbocycles. The molecule has 0 radical (unpaired) electrons. The smallest absolute Gasteiger partial charge is 0.325 e. The summed E-state index contributed by atoms with van der Waals surface area (Å²) in [6.45, 7) is 3.90. The van der Waals surface area contributed by atoms with Gasteiger partial charge >= 0.3 is 6.03 Å². The van der Waals surface area contributed by atoms with Gasteiger partial charge in [0.15, 0.2) is 0 Å². The van der Waals surface area contributed by atoms with Gasteiger partial charge in [-0.2, -0.15) is 0 Å². The average molecular weight is 342 g/mol. The molecule has 0 spiro atoms. The fourth-order valence-electron chi connectivity index (χ4n) is 2.77. The van der Waals surface area contributed by atoms with E-state index >= 15 is 0 Å². The second kappa shape index (κ2) is 6.55. The number of aryl methyl sites for hydroxylation is 1. The fraction of sp³-hybridized carbons (Fsp3) is 0.263. The number of nitrogens with one attached hydrogen (secondary N) is 1. The first-order valence-corrected chi connectivity index (χ1v) is 8.00. The van der Waals surface area contributed by atoms with Crippen LogP contribution in [0.4, 0.5) is 9.18 Å². The van der Waals surface area contributed by atoms with Crippen molar-refractivity contribution in [3.05, 3.63) is 65.5 Å². The zero-order valence-corrected chi connectivity index (χ0v) is 14.1. The van der Waals surface area contributed by atoms with Crippen molar-refractivity contribution in [2.75, 3.05) is 13.2 Å². The number of ether oxygens (including phenoxy) is 1. The summed E-state index contributed by atoms with van der Waals surface area (Å²) >= 11 is 0. The molecule has 1 N–H and O–H groups in total. The molecule has 25 heavy (non-hydrogen) atoms. The molecule has 3 amide bonds. The van der Waals surface area contributed by atoms with Gasteiger partial charge in [-0.25, -0.2) is 9.18 Å². The lowest BCUT2D eigenvalue weighted by molar-refractivity contribution is -0.131. The van der Waals surface area contributed by atoms with E-state index in [0.29, 0.717) is 5.75 Å². The highest BCUT2D eigenvalue weighted by molar-refractivity contribution is 6.07. The second-order valence-electron chi connectivity index (χ2n) is 6.18. The van der Waals surface area contributed by atoms with Crippen LogP contribution in [-0.2, 0) is 10.3 Å². The van der Waals surface area contributed by atoms with E-state index < -0.39 is 11.6 Å². The third-order valence-electron chi connectivity index (χ3n) is 4.30. The first-order chi connectivity index (χ1) is 11.9. The molecule has 0 unspecified atom stereocenters. The minimum atomic E-state index is -1.08. The SMILES string of the molecule is Cc1ccc([C@]2(C)NC(=O)N(CCOc3ccc(F)cc3)C2=O)cc1. The number of rotatable bonds is 5. The summed E-state index contributed by atoms with van der Waals surface area (Å²) in [5.41, 5.74) is 0.729.